The summed E-state index contributed by atoms with van der Waals surface area (Å²) >= 11 is 1.40. The van der Waals surface area contributed by atoms with Gasteiger partial charge in [-0.25, -0.2) is 9.59 Å². The Morgan fingerprint density at radius 3 is 2.83 bits per heavy atom. The van der Waals surface area contributed by atoms with Gasteiger partial charge in [-0.05, 0) is 36.8 Å². The van der Waals surface area contributed by atoms with Crippen LogP contribution in [0.2, 0.25) is 0 Å². The van der Waals surface area contributed by atoms with Crippen LogP contribution in [0.25, 0.3) is 0 Å². The number of hydrogen-bond donors (Lipinski definition) is 2. The van der Waals surface area contributed by atoms with Crippen LogP contribution >= 0.6 is 11.3 Å². The number of hydrogen-bond acceptors (Lipinski definition) is 6. The number of fused-ring (bicyclic) bond motifs is 1. The van der Waals surface area contributed by atoms with Crippen LogP contribution in [-0.2, 0) is 29.0 Å². The molecule has 0 aliphatic carbocycles. The Morgan fingerprint density at radius 1 is 1.28 bits per heavy atom. The zero-order chi connectivity index (χ0) is 20.2. The third-order valence-corrected chi connectivity index (χ3v) is 6.35. The highest BCUT2D eigenvalue weighted by Gasteiger charge is 2.31. The summed E-state index contributed by atoms with van der Waals surface area (Å²) in [6.45, 7) is 1.71. The number of carboxylic acid groups (broad SMARTS) is 1. The highest BCUT2D eigenvalue weighted by atomic mass is 32.1. The van der Waals surface area contributed by atoms with Crippen LogP contribution in [-0.4, -0.2) is 41.4 Å². The molecule has 2 aliphatic rings. The molecule has 0 radical (unpaired) electrons. The van der Waals surface area contributed by atoms with E-state index in [2.05, 4.69) is 5.32 Å². The molecule has 1 fully saturated rings. The molecule has 0 spiro atoms. The van der Waals surface area contributed by atoms with Crippen LogP contribution < -0.4 is 5.32 Å². The molecule has 4 rings (SSSR count). The molecule has 3 heterocycles. The maximum Gasteiger partial charge on any atom is 0.410 e. The largest absolute Gasteiger partial charge is 0.478 e. The van der Waals surface area contributed by atoms with Crippen molar-refractivity contribution in [2.24, 2.45) is 0 Å². The minimum Gasteiger partial charge on any atom is -0.478 e. The molecule has 1 aromatic heterocycles. The van der Waals surface area contributed by atoms with E-state index in [0.29, 0.717) is 36.7 Å². The third kappa shape index (κ3) is 4.54. The van der Waals surface area contributed by atoms with Crippen LogP contribution in [0.1, 0.15) is 45.6 Å². The first-order valence-corrected chi connectivity index (χ1v) is 10.6. The van der Waals surface area contributed by atoms with Gasteiger partial charge in [0.1, 0.15) is 17.8 Å². The highest BCUT2D eigenvalue weighted by molar-refractivity contribution is 7.16. The van der Waals surface area contributed by atoms with Crippen molar-refractivity contribution in [2.45, 2.75) is 45.1 Å². The highest BCUT2D eigenvalue weighted by Crippen LogP contribution is 2.38. The minimum absolute atomic E-state index is 0.158. The van der Waals surface area contributed by atoms with Crippen LogP contribution in [0.4, 0.5) is 9.80 Å². The lowest BCUT2D eigenvalue weighted by Crippen LogP contribution is -2.36. The number of rotatable bonds is 5. The smallest absolute Gasteiger partial charge is 0.410 e. The maximum atomic E-state index is 12.5. The predicted molar refractivity (Wildman–Crippen MR) is 109 cm³/mol. The van der Waals surface area contributed by atoms with Crippen molar-refractivity contribution < 1.29 is 24.2 Å². The quantitative estimate of drug-likeness (QED) is 0.764. The van der Waals surface area contributed by atoms with Gasteiger partial charge < -0.3 is 24.8 Å². The van der Waals surface area contributed by atoms with Gasteiger partial charge in [-0.2, -0.15) is 0 Å². The van der Waals surface area contributed by atoms with Gasteiger partial charge in [0.25, 0.3) is 0 Å². The molecule has 0 bridgehead atoms. The van der Waals surface area contributed by atoms with E-state index in [-0.39, 0.29) is 18.9 Å². The summed E-state index contributed by atoms with van der Waals surface area (Å²) in [5, 5.41) is 13.6. The molecule has 29 heavy (non-hydrogen) atoms. The van der Waals surface area contributed by atoms with E-state index in [9.17, 15) is 14.7 Å². The van der Waals surface area contributed by atoms with E-state index in [1.807, 2.05) is 30.3 Å². The fourth-order valence-corrected chi connectivity index (χ4v) is 5.00. The molecule has 2 aliphatic heterocycles. The van der Waals surface area contributed by atoms with Gasteiger partial charge in [-0.15, -0.1) is 11.3 Å². The van der Waals surface area contributed by atoms with E-state index in [4.69, 9.17) is 9.47 Å². The van der Waals surface area contributed by atoms with Crippen molar-refractivity contribution in [3.63, 3.8) is 0 Å². The van der Waals surface area contributed by atoms with Crippen molar-refractivity contribution >= 4 is 28.4 Å². The molecule has 1 aromatic carbocycles. The Morgan fingerprint density at radius 2 is 2.10 bits per heavy atom. The van der Waals surface area contributed by atoms with Crippen molar-refractivity contribution in [1.82, 2.24) is 4.90 Å². The Hall–Kier alpha value is -2.58. The number of benzene rings is 1. The van der Waals surface area contributed by atoms with Crippen LogP contribution in [0, 0.1) is 0 Å². The number of anilines is 1. The number of carboxylic acids is 1. The van der Waals surface area contributed by atoms with Crippen LogP contribution in [0.15, 0.2) is 30.3 Å². The minimum atomic E-state index is -0.944. The standard InChI is InChI=1S/C21H24N2O5S/c24-20(25)18-15-9-10-23(21(26)28-13-14-6-2-1-3-7-14)12-16(15)29-19(18)22-17-8-4-5-11-27-17/h1-3,6-7,17,22H,4-5,8-13H2,(H,24,25). The number of nitrogens with zero attached hydrogens (tertiary/aromatic N) is 1. The lowest BCUT2D eigenvalue weighted by Gasteiger charge is -2.26. The molecule has 2 N–H and O–H groups in total. The molecule has 1 unspecified atom stereocenters. The Bertz CT molecular complexity index is 877. The molecule has 1 saturated heterocycles. The third-order valence-electron chi connectivity index (χ3n) is 5.21. The second kappa shape index (κ2) is 8.84. The molecule has 2 aromatic rings. The first-order chi connectivity index (χ1) is 14.1. The van der Waals surface area contributed by atoms with Crippen molar-refractivity contribution in [1.29, 1.82) is 0 Å². The molecule has 1 atom stereocenters. The number of nitrogens with one attached hydrogen (secondary N) is 1. The molecule has 7 nitrogen and oxygen atoms in total. The van der Waals surface area contributed by atoms with Gasteiger partial charge in [0, 0.05) is 18.0 Å². The first kappa shape index (κ1) is 19.7. The van der Waals surface area contributed by atoms with Crippen molar-refractivity contribution in [3.05, 3.63) is 51.9 Å². The zero-order valence-corrected chi connectivity index (χ0v) is 16.9. The average molecular weight is 416 g/mol. The first-order valence-electron chi connectivity index (χ1n) is 9.83. The number of thiophene rings is 1. The van der Waals surface area contributed by atoms with Gasteiger partial charge in [0.2, 0.25) is 0 Å². The molecule has 0 saturated carbocycles. The summed E-state index contributed by atoms with van der Waals surface area (Å²) in [7, 11) is 0. The number of aromatic carboxylic acids is 1. The predicted octanol–water partition coefficient (Wildman–Crippen LogP) is 4.08. The van der Waals surface area contributed by atoms with Gasteiger partial charge in [-0.1, -0.05) is 30.3 Å². The maximum absolute atomic E-state index is 12.5. The fraction of sp³-hybridized carbons (Fsp3) is 0.429. The van der Waals surface area contributed by atoms with Crippen molar-refractivity contribution in [2.75, 3.05) is 18.5 Å². The second-order valence-electron chi connectivity index (χ2n) is 7.22. The summed E-state index contributed by atoms with van der Waals surface area (Å²) in [4.78, 5) is 26.9. The summed E-state index contributed by atoms with van der Waals surface area (Å²) < 4.78 is 11.1. The van der Waals surface area contributed by atoms with E-state index in [1.165, 1.54) is 11.3 Å². The normalized spacial score (nSPS) is 18.8. The van der Waals surface area contributed by atoms with E-state index >= 15 is 0 Å². The van der Waals surface area contributed by atoms with Gasteiger partial charge in [-0.3, -0.25) is 0 Å². The Labute approximate surface area is 173 Å². The second-order valence-corrected chi connectivity index (χ2v) is 8.33. The number of ether oxygens (including phenoxy) is 2. The number of carbonyl (C=O) groups excluding carboxylic acids is 1. The molecular weight excluding hydrogens is 392 g/mol. The summed E-state index contributed by atoms with van der Waals surface area (Å²) in [5.74, 6) is -0.944. The lowest BCUT2D eigenvalue weighted by molar-refractivity contribution is 0.0344. The van der Waals surface area contributed by atoms with Crippen LogP contribution in [0.5, 0.6) is 0 Å². The van der Waals surface area contributed by atoms with Crippen LogP contribution in [0.3, 0.4) is 0 Å². The average Bonchev–Trinajstić information content (AvgIpc) is 3.10. The van der Waals surface area contributed by atoms with Gasteiger partial charge in [0.05, 0.1) is 12.1 Å². The van der Waals surface area contributed by atoms with E-state index < -0.39 is 5.97 Å². The summed E-state index contributed by atoms with van der Waals surface area (Å²) in [6, 6.07) is 9.54. The van der Waals surface area contributed by atoms with Gasteiger partial charge >= 0.3 is 12.1 Å². The Balaban J connectivity index is 1.44. The lowest BCUT2D eigenvalue weighted by atomic mass is 10.0. The van der Waals surface area contributed by atoms with E-state index in [0.717, 1.165) is 35.3 Å². The SMILES string of the molecule is O=C(O)c1c(NC2CCCCO2)sc2c1CCN(C(=O)OCc1ccccc1)C2. The zero-order valence-electron chi connectivity index (χ0n) is 16.1. The number of carbonyl (C=O) groups is 2. The molecular formula is C21H24N2O5S. The monoisotopic (exact) mass is 416 g/mol. The topological polar surface area (TPSA) is 88.1 Å². The summed E-state index contributed by atoms with van der Waals surface area (Å²) in [5.41, 5.74) is 2.06. The summed E-state index contributed by atoms with van der Waals surface area (Å²) in [6.07, 6.45) is 2.92. The van der Waals surface area contributed by atoms with Gasteiger partial charge in [0.15, 0.2) is 0 Å². The Kier molecular flexibility index (Phi) is 6.01. The molecule has 8 heteroatoms. The fourth-order valence-electron chi connectivity index (χ4n) is 3.70. The van der Waals surface area contributed by atoms with E-state index in [1.54, 1.807) is 4.90 Å². The molecule has 154 valence electrons. The van der Waals surface area contributed by atoms with Crippen molar-refractivity contribution in [3.8, 4) is 0 Å². The number of amides is 1. The molecule has 1 amide bonds.